The molecule has 23 heavy (non-hydrogen) atoms. The zero-order valence-corrected chi connectivity index (χ0v) is 13.3. The number of fused-ring (bicyclic) bond motifs is 1. The minimum absolute atomic E-state index is 1.18. The fraction of sp³-hybridized carbons (Fsp3) is 0.100. The quantitative estimate of drug-likeness (QED) is 0.505. The van der Waals surface area contributed by atoms with Crippen molar-refractivity contribution in [3.63, 3.8) is 0 Å². The van der Waals surface area contributed by atoms with Crippen molar-refractivity contribution < 1.29 is 9.13 Å². The molecule has 0 bridgehead atoms. The van der Waals surface area contributed by atoms with Crippen molar-refractivity contribution in [2.75, 3.05) is 0 Å². The average molecular weight is 301 g/mol. The van der Waals surface area contributed by atoms with Gasteiger partial charge in [-0.15, -0.1) is 0 Å². The summed E-state index contributed by atoms with van der Waals surface area (Å²) in [4.78, 5) is 0. The molecule has 0 aliphatic carbocycles. The van der Waals surface area contributed by atoms with Crippen molar-refractivity contribution in [1.29, 1.82) is 0 Å². The number of benzene rings is 1. The number of nitrogens with zero attached hydrogens (tertiary/aromatic N) is 3. The molecule has 0 N–H and O–H groups in total. The number of hydrogen-bond acceptors (Lipinski definition) is 0. The van der Waals surface area contributed by atoms with Crippen molar-refractivity contribution in [3.8, 4) is 22.4 Å². The molecule has 3 heteroatoms. The van der Waals surface area contributed by atoms with E-state index in [1.54, 1.807) is 0 Å². The fourth-order valence-electron chi connectivity index (χ4n) is 2.97. The van der Waals surface area contributed by atoms with Crippen molar-refractivity contribution in [3.05, 3.63) is 79.4 Å². The monoisotopic (exact) mass is 301 g/mol. The molecular weight excluding hydrogens is 282 g/mol. The van der Waals surface area contributed by atoms with Crippen LogP contribution in [0.1, 0.15) is 0 Å². The van der Waals surface area contributed by atoms with Gasteiger partial charge < -0.3 is 0 Å². The third kappa shape index (κ3) is 2.40. The van der Waals surface area contributed by atoms with E-state index in [1.165, 1.54) is 28.0 Å². The standard InChI is InChI=1S/C20H19N3/c1-21-11-8-16(9-12-21)18-10-13-23-15-19(22(2)20(23)14-18)17-6-4-3-5-7-17/h3-15H,1-2H3/q+2. The molecule has 0 aliphatic rings. The number of hydrogen-bond donors (Lipinski definition) is 0. The second-order valence-corrected chi connectivity index (χ2v) is 5.87. The van der Waals surface area contributed by atoms with E-state index in [0.717, 1.165) is 0 Å². The van der Waals surface area contributed by atoms with Crippen LogP contribution in [0.3, 0.4) is 0 Å². The van der Waals surface area contributed by atoms with Gasteiger partial charge in [-0.1, -0.05) is 30.3 Å². The number of rotatable bonds is 2. The first-order chi connectivity index (χ1) is 11.2. The third-order valence-electron chi connectivity index (χ3n) is 4.31. The molecule has 3 heterocycles. The lowest BCUT2D eigenvalue weighted by Gasteiger charge is -1.99. The van der Waals surface area contributed by atoms with Crippen LogP contribution in [0.2, 0.25) is 0 Å². The van der Waals surface area contributed by atoms with Gasteiger partial charge in [-0.25, -0.2) is 13.5 Å². The van der Waals surface area contributed by atoms with Crippen LogP contribution in [-0.4, -0.2) is 4.40 Å². The summed E-state index contributed by atoms with van der Waals surface area (Å²) in [6, 6.07) is 19.2. The smallest absolute Gasteiger partial charge is 0.226 e. The molecule has 0 unspecified atom stereocenters. The first-order valence-corrected chi connectivity index (χ1v) is 7.74. The maximum absolute atomic E-state index is 2.24. The Bertz CT molecular complexity index is 967. The van der Waals surface area contributed by atoms with Gasteiger partial charge in [0.15, 0.2) is 18.1 Å². The lowest BCUT2D eigenvalue weighted by atomic mass is 10.1. The molecule has 3 aromatic heterocycles. The maximum Gasteiger partial charge on any atom is 0.287 e. The van der Waals surface area contributed by atoms with Gasteiger partial charge in [-0.3, -0.25) is 0 Å². The van der Waals surface area contributed by atoms with E-state index in [0.29, 0.717) is 0 Å². The van der Waals surface area contributed by atoms with Crippen molar-refractivity contribution in [2.45, 2.75) is 0 Å². The van der Waals surface area contributed by atoms with E-state index >= 15 is 0 Å². The van der Waals surface area contributed by atoms with E-state index in [9.17, 15) is 0 Å². The summed E-state index contributed by atoms with van der Waals surface area (Å²) in [5.41, 5.74) is 6.07. The van der Waals surface area contributed by atoms with E-state index < -0.39 is 0 Å². The van der Waals surface area contributed by atoms with E-state index in [1.807, 2.05) is 17.7 Å². The van der Waals surface area contributed by atoms with E-state index in [2.05, 4.69) is 89.3 Å². The van der Waals surface area contributed by atoms with Crippen LogP contribution in [0.25, 0.3) is 28.0 Å². The number of pyridine rings is 2. The molecule has 1 aromatic carbocycles. The van der Waals surface area contributed by atoms with Crippen LogP contribution in [0.4, 0.5) is 0 Å². The van der Waals surface area contributed by atoms with Crippen LogP contribution in [0.5, 0.6) is 0 Å². The van der Waals surface area contributed by atoms with Crippen LogP contribution in [0, 0.1) is 0 Å². The summed E-state index contributed by atoms with van der Waals surface area (Å²) in [6.45, 7) is 0. The molecule has 0 aliphatic heterocycles. The molecule has 0 fully saturated rings. The molecule has 112 valence electrons. The zero-order valence-electron chi connectivity index (χ0n) is 13.3. The minimum atomic E-state index is 1.18. The maximum atomic E-state index is 2.24. The van der Waals surface area contributed by atoms with Gasteiger partial charge in [0.05, 0.1) is 13.2 Å². The lowest BCUT2D eigenvalue weighted by Crippen LogP contribution is -2.29. The van der Waals surface area contributed by atoms with E-state index in [4.69, 9.17) is 0 Å². The molecule has 3 nitrogen and oxygen atoms in total. The zero-order chi connectivity index (χ0) is 15.8. The molecule has 0 amide bonds. The van der Waals surface area contributed by atoms with Gasteiger partial charge in [0, 0.05) is 23.8 Å². The summed E-state index contributed by atoms with van der Waals surface area (Å²) in [6.07, 6.45) is 8.46. The first-order valence-electron chi connectivity index (χ1n) is 7.74. The van der Waals surface area contributed by atoms with Crippen LogP contribution >= 0.6 is 0 Å². The van der Waals surface area contributed by atoms with Gasteiger partial charge >= 0.3 is 0 Å². The Balaban J connectivity index is 1.86. The summed E-state index contributed by atoms with van der Waals surface area (Å²) >= 11 is 0. The molecule has 0 radical (unpaired) electrons. The second-order valence-electron chi connectivity index (χ2n) is 5.87. The van der Waals surface area contributed by atoms with Crippen molar-refractivity contribution in [2.24, 2.45) is 14.1 Å². The molecule has 4 rings (SSSR count). The van der Waals surface area contributed by atoms with Gasteiger partial charge in [0.2, 0.25) is 0 Å². The van der Waals surface area contributed by atoms with Gasteiger partial charge in [-0.05, 0) is 17.2 Å². The molecule has 0 saturated heterocycles. The third-order valence-corrected chi connectivity index (χ3v) is 4.31. The average Bonchev–Trinajstić information content (AvgIpc) is 2.93. The number of imidazole rings is 1. The highest BCUT2D eigenvalue weighted by molar-refractivity contribution is 5.67. The highest BCUT2D eigenvalue weighted by atomic mass is 15.1. The van der Waals surface area contributed by atoms with Gasteiger partial charge in [0.25, 0.3) is 5.65 Å². The molecular formula is C20H19N3+2. The number of aromatic nitrogens is 3. The normalized spacial score (nSPS) is 11.0. The Morgan fingerprint density at radius 2 is 1.52 bits per heavy atom. The molecule has 0 spiro atoms. The molecule has 0 atom stereocenters. The van der Waals surface area contributed by atoms with Gasteiger partial charge in [0.1, 0.15) is 13.2 Å². The van der Waals surface area contributed by atoms with Crippen LogP contribution < -0.4 is 9.13 Å². The minimum Gasteiger partial charge on any atom is -0.226 e. The Kier molecular flexibility index (Phi) is 3.19. The highest BCUT2D eigenvalue weighted by Crippen LogP contribution is 2.21. The lowest BCUT2D eigenvalue weighted by molar-refractivity contribution is -0.671. The van der Waals surface area contributed by atoms with Crippen molar-refractivity contribution >= 4 is 5.65 Å². The Hall–Kier alpha value is -2.94. The Morgan fingerprint density at radius 3 is 2.26 bits per heavy atom. The predicted octanol–water partition coefficient (Wildman–Crippen LogP) is 2.92. The van der Waals surface area contributed by atoms with E-state index in [-0.39, 0.29) is 0 Å². The summed E-state index contributed by atoms with van der Waals surface area (Å²) in [7, 11) is 4.15. The molecule has 0 saturated carbocycles. The Morgan fingerprint density at radius 1 is 0.783 bits per heavy atom. The highest BCUT2D eigenvalue weighted by Gasteiger charge is 2.16. The van der Waals surface area contributed by atoms with Crippen LogP contribution in [0.15, 0.2) is 79.4 Å². The SMILES string of the molecule is C[n+]1ccc(-c2ccn3cc(-c4ccccc4)[n+](C)c3c2)cc1. The first kappa shape index (κ1) is 13.7. The fourth-order valence-corrected chi connectivity index (χ4v) is 2.97. The molecule has 4 aromatic rings. The predicted molar refractivity (Wildman–Crippen MR) is 90.6 cm³/mol. The second kappa shape index (κ2) is 5.36. The summed E-state index contributed by atoms with van der Waals surface area (Å²) < 4.78 is 6.46. The number of aryl methyl sites for hydroxylation is 2. The van der Waals surface area contributed by atoms with Crippen molar-refractivity contribution in [1.82, 2.24) is 4.40 Å². The van der Waals surface area contributed by atoms with Crippen LogP contribution in [-0.2, 0) is 14.1 Å². The van der Waals surface area contributed by atoms with Gasteiger partial charge in [-0.2, -0.15) is 0 Å². The largest absolute Gasteiger partial charge is 0.287 e. The summed E-state index contributed by atoms with van der Waals surface area (Å²) in [5, 5.41) is 0. The summed E-state index contributed by atoms with van der Waals surface area (Å²) in [5.74, 6) is 0. The Labute approximate surface area is 135 Å². The topological polar surface area (TPSA) is 12.2 Å².